The summed E-state index contributed by atoms with van der Waals surface area (Å²) in [4.78, 5) is 24.4. The second kappa shape index (κ2) is 8.92. The monoisotopic (exact) mass is 428 g/mol. The van der Waals surface area contributed by atoms with Crippen LogP contribution in [0.15, 0.2) is 51.7 Å². The van der Waals surface area contributed by atoms with Crippen LogP contribution in [0, 0.1) is 6.92 Å². The summed E-state index contributed by atoms with van der Waals surface area (Å²) in [6.45, 7) is 7.79. The quantitative estimate of drug-likeness (QED) is 0.360. The largest absolute Gasteiger partial charge is 0.493 e. The number of benzene rings is 2. The number of para-hydroxylation sites is 1. The molecule has 0 spiro atoms. The van der Waals surface area contributed by atoms with Gasteiger partial charge in [-0.2, -0.15) is 0 Å². The van der Waals surface area contributed by atoms with Crippen LogP contribution in [0.25, 0.3) is 22.3 Å². The standard InChI is InChI=1S/C24H25ClO5/c1-15-10-11-17(20(13-15)28-12-6-9-22(27)30-24(2,3)4)21-14-19(26)16-7-5-8-18(25)23(16)29-21/h5,7-8,10-11,13-14H,6,9,12H2,1-4H3. The Morgan fingerprint density at radius 3 is 2.63 bits per heavy atom. The van der Waals surface area contributed by atoms with Crippen LogP contribution in [0.2, 0.25) is 5.02 Å². The van der Waals surface area contributed by atoms with Gasteiger partial charge < -0.3 is 13.9 Å². The molecule has 0 saturated heterocycles. The Bertz CT molecular complexity index is 1120. The van der Waals surface area contributed by atoms with Gasteiger partial charge in [0.1, 0.15) is 17.1 Å². The fourth-order valence-corrected chi connectivity index (χ4v) is 3.23. The third-order valence-electron chi connectivity index (χ3n) is 4.31. The van der Waals surface area contributed by atoms with Gasteiger partial charge in [0, 0.05) is 12.5 Å². The molecule has 1 heterocycles. The first-order valence-corrected chi connectivity index (χ1v) is 10.2. The summed E-state index contributed by atoms with van der Waals surface area (Å²) < 4.78 is 17.2. The number of halogens is 1. The fraction of sp³-hybridized carbons (Fsp3) is 0.333. The topological polar surface area (TPSA) is 65.7 Å². The average molecular weight is 429 g/mol. The molecule has 5 nitrogen and oxygen atoms in total. The molecule has 0 fully saturated rings. The minimum absolute atomic E-state index is 0.176. The highest BCUT2D eigenvalue weighted by molar-refractivity contribution is 6.34. The lowest BCUT2D eigenvalue weighted by Gasteiger charge is -2.19. The predicted octanol–water partition coefficient (Wildman–Crippen LogP) is 5.92. The molecule has 0 radical (unpaired) electrons. The van der Waals surface area contributed by atoms with Gasteiger partial charge in [-0.15, -0.1) is 0 Å². The molecule has 0 aliphatic rings. The number of aryl methyl sites for hydroxylation is 1. The summed E-state index contributed by atoms with van der Waals surface area (Å²) in [5.41, 5.74) is 1.32. The van der Waals surface area contributed by atoms with Crippen molar-refractivity contribution in [3.8, 4) is 17.1 Å². The van der Waals surface area contributed by atoms with Crippen LogP contribution < -0.4 is 10.2 Å². The molecule has 0 N–H and O–H groups in total. The molecule has 3 aromatic rings. The van der Waals surface area contributed by atoms with Gasteiger partial charge in [-0.1, -0.05) is 23.7 Å². The van der Waals surface area contributed by atoms with Crippen LogP contribution in [0.3, 0.4) is 0 Å². The molecule has 30 heavy (non-hydrogen) atoms. The molecule has 0 unspecified atom stereocenters. The van der Waals surface area contributed by atoms with E-state index in [0.29, 0.717) is 46.1 Å². The molecule has 0 amide bonds. The molecule has 2 aromatic carbocycles. The maximum absolute atomic E-state index is 12.5. The fourth-order valence-electron chi connectivity index (χ4n) is 3.02. The van der Waals surface area contributed by atoms with Crippen molar-refractivity contribution in [1.29, 1.82) is 0 Å². The van der Waals surface area contributed by atoms with Crippen molar-refractivity contribution in [1.82, 2.24) is 0 Å². The molecular weight excluding hydrogens is 404 g/mol. The van der Waals surface area contributed by atoms with Crippen LogP contribution in [0.4, 0.5) is 0 Å². The first-order chi connectivity index (χ1) is 14.1. The number of hydrogen-bond acceptors (Lipinski definition) is 5. The highest BCUT2D eigenvalue weighted by atomic mass is 35.5. The zero-order valence-corrected chi connectivity index (χ0v) is 18.3. The summed E-state index contributed by atoms with van der Waals surface area (Å²) in [5.74, 6) is 0.696. The highest BCUT2D eigenvalue weighted by Crippen LogP contribution is 2.33. The van der Waals surface area contributed by atoms with Crippen molar-refractivity contribution < 1.29 is 18.7 Å². The Labute approximate surface area is 180 Å². The smallest absolute Gasteiger partial charge is 0.306 e. The maximum atomic E-state index is 12.5. The molecule has 0 saturated carbocycles. The van der Waals surface area contributed by atoms with Crippen LogP contribution in [-0.4, -0.2) is 18.2 Å². The summed E-state index contributed by atoms with van der Waals surface area (Å²) in [7, 11) is 0. The van der Waals surface area contributed by atoms with Crippen molar-refractivity contribution in [3.63, 3.8) is 0 Å². The number of carbonyl (C=O) groups is 1. The van der Waals surface area contributed by atoms with Crippen LogP contribution in [0.5, 0.6) is 5.75 Å². The SMILES string of the molecule is Cc1ccc(-c2cc(=O)c3cccc(Cl)c3o2)c(OCCCC(=O)OC(C)(C)C)c1. The van der Waals surface area contributed by atoms with Crippen molar-refractivity contribution in [2.75, 3.05) is 6.61 Å². The minimum atomic E-state index is -0.503. The molecule has 158 valence electrons. The summed E-state index contributed by atoms with van der Waals surface area (Å²) in [6, 6.07) is 12.2. The van der Waals surface area contributed by atoms with E-state index in [9.17, 15) is 9.59 Å². The number of esters is 1. The zero-order chi connectivity index (χ0) is 21.9. The second-order valence-electron chi connectivity index (χ2n) is 8.13. The molecule has 1 aromatic heterocycles. The minimum Gasteiger partial charge on any atom is -0.493 e. The van der Waals surface area contributed by atoms with Crippen molar-refractivity contribution in [2.24, 2.45) is 0 Å². The van der Waals surface area contributed by atoms with E-state index in [0.717, 1.165) is 5.56 Å². The Kier molecular flexibility index (Phi) is 6.52. The van der Waals surface area contributed by atoms with E-state index in [4.69, 9.17) is 25.5 Å². The molecular formula is C24H25ClO5. The van der Waals surface area contributed by atoms with Crippen LogP contribution in [-0.2, 0) is 9.53 Å². The summed E-state index contributed by atoms with van der Waals surface area (Å²) in [6.07, 6.45) is 0.773. The Balaban J connectivity index is 1.81. The lowest BCUT2D eigenvalue weighted by Crippen LogP contribution is -2.24. The van der Waals surface area contributed by atoms with Gasteiger partial charge in [0.15, 0.2) is 11.0 Å². The first kappa shape index (κ1) is 21.9. The third-order valence-corrected chi connectivity index (χ3v) is 4.61. The van der Waals surface area contributed by atoms with Gasteiger partial charge in [0.25, 0.3) is 0 Å². The predicted molar refractivity (Wildman–Crippen MR) is 118 cm³/mol. The highest BCUT2D eigenvalue weighted by Gasteiger charge is 2.17. The van der Waals surface area contributed by atoms with Gasteiger partial charge in [0.2, 0.25) is 0 Å². The lowest BCUT2D eigenvalue weighted by atomic mass is 10.1. The zero-order valence-electron chi connectivity index (χ0n) is 17.6. The van der Waals surface area contributed by atoms with Gasteiger partial charge in [-0.3, -0.25) is 9.59 Å². The number of fused-ring (bicyclic) bond motifs is 1. The van der Waals surface area contributed by atoms with Gasteiger partial charge in [-0.25, -0.2) is 0 Å². The number of rotatable bonds is 6. The summed E-state index contributed by atoms with van der Waals surface area (Å²) >= 11 is 6.22. The van der Waals surface area contributed by atoms with E-state index in [1.165, 1.54) is 6.07 Å². The summed E-state index contributed by atoms with van der Waals surface area (Å²) in [5, 5.41) is 0.802. The molecule has 6 heteroatoms. The van der Waals surface area contributed by atoms with Gasteiger partial charge in [0.05, 0.1) is 22.6 Å². The van der Waals surface area contributed by atoms with Crippen LogP contribution in [0.1, 0.15) is 39.2 Å². The Hall–Kier alpha value is -2.79. The maximum Gasteiger partial charge on any atom is 0.306 e. The molecule has 0 aliphatic carbocycles. The van der Waals surface area contributed by atoms with Crippen molar-refractivity contribution in [2.45, 2.75) is 46.1 Å². The van der Waals surface area contributed by atoms with Crippen molar-refractivity contribution >= 4 is 28.5 Å². The van der Waals surface area contributed by atoms with E-state index >= 15 is 0 Å². The molecule has 3 rings (SSSR count). The Morgan fingerprint density at radius 1 is 1.13 bits per heavy atom. The van der Waals surface area contributed by atoms with E-state index in [1.807, 2.05) is 45.9 Å². The van der Waals surface area contributed by atoms with E-state index in [2.05, 4.69) is 0 Å². The van der Waals surface area contributed by atoms with E-state index < -0.39 is 5.60 Å². The number of carbonyl (C=O) groups excluding carboxylic acids is 1. The van der Waals surface area contributed by atoms with E-state index in [1.54, 1.807) is 18.2 Å². The number of hydrogen-bond donors (Lipinski definition) is 0. The van der Waals surface area contributed by atoms with Gasteiger partial charge >= 0.3 is 5.97 Å². The first-order valence-electron chi connectivity index (χ1n) is 9.82. The second-order valence-corrected chi connectivity index (χ2v) is 8.54. The number of ether oxygens (including phenoxy) is 2. The molecule has 0 bridgehead atoms. The Morgan fingerprint density at radius 2 is 1.90 bits per heavy atom. The van der Waals surface area contributed by atoms with Gasteiger partial charge in [-0.05, 0) is 63.9 Å². The molecule has 0 atom stereocenters. The van der Waals surface area contributed by atoms with Crippen molar-refractivity contribution in [3.05, 3.63) is 63.3 Å². The average Bonchev–Trinajstić information content (AvgIpc) is 2.65. The lowest BCUT2D eigenvalue weighted by molar-refractivity contribution is -0.155. The van der Waals surface area contributed by atoms with E-state index in [-0.39, 0.29) is 17.8 Å². The third kappa shape index (κ3) is 5.42. The molecule has 0 aliphatic heterocycles. The normalized spacial score (nSPS) is 11.5. The van der Waals surface area contributed by atoms with Crippen LogP contribution >= 0.6 is 11.6 Å².